The predicted molar refractivity (Wildman–Crippen MR) is 91.3 cm³/mol. The van der Waals surface area contributed by atoms with Gasteiger partial charge in [-0.05, 0) is 30.2 Å². The molecule has 0 aliphatic rings. The fourth-order valence-corrected chi connectivity index (χ4v) is 2.46. The fourth-order valence-electron chi connectivity index (χ4n) is 2.27. The van der Waals surface area contributed by atoms with Crippen LogP contribution >= 0.6 is 11.6 Å². The lowest BCUT2D eigenvalue weighted by molar-refractivity contribution is -0.118. The number of amides is 2. The standard InChI is InChI=1S/C18H19ClN2O2/c19-16-8-4-7-15(13-16)18(23)21(12-10-17(20)22)11-9-14-5-2-1-3-6-14/h1-8,13H,9-12H2,(H2,20,22). The summed E-state index contributed by atoms with van der Waals surface area (Å²) >= 11 is 5.95. The average molecular weight is 331 g/mol. The van der Waals surface area contributed by atoms with Crippen LogP contribution in [0.2, 0.25) is 5.02 Å². The predicted octanol–water partition coefficient (Wildman–Crippen LogP) is 2.90. The van der Waals surface area contributed by atoms with Crippen molar-refractivity contribution in [2.45, 2.75) is 12.8 Å². The van der Waals surface area contributed by atoms with Crippen LogP contribution < -0.4 is 5.73 Å². The zero-order valence-corrected chi connectivity index (χ0v) is 13.5. The van der Waals surface area contributed by atoms with E-state index in [1.54, 1.807) is 29.2 Å². The second kappa shape index (κ2) is 8.34. The molecule has 2 aromatic carbocycles. The quantitative estimate of drug-likeness (QED) is 0.848. The Morgan fingerprint density at radius 3 is 2.39 bits per heavy atom. The summed E-state index contributed by atoms with van der Waals surface area (Å²) in [5, 5.41) is 0.508. The van der Waals surface area contributed by atoms with Crippen LogP contribution in [0, 0.1) is 0 Å². The number of halogens is 1. The van der Waals surface area contributed by atoms with Crippen LogP contribution in [0.25, 0.3) is 0 Å². The number of primary amides is 1. The lowest BCUT2D eigenvalue weighted by Crippen LogP contribution is -2.35. The summed E-state index contributed by atoms with van der Waals surface area (Å²) in [5.41, 5.74) is 6.86. The summed E-state index contributed by atoms with van der Waals surface area (Å²) in [6.45, 7) is 0.816. The first-order chi connectivity index (χ1) is 11.1. The number of nitrogens with zero attached hydrogens (tertiary/aromatic N) is 1. The van der Waals surface area contributed by atoms with Crippen LogP contribution in [0.15, 0.2) is 54.6 Å². The number of nitrogens with two attached hydrogens (primary N) is 1. The molecule has 2 aromatic rings. The highest BCUT2D eigenvalue weighted by atomic mass is 35.5. The number of hydrogen-bond donors (Lipinski definition) is 1. The van der Waals surface area contributed by atoms with Crippen molar-refractivity contribution in [3.8, 4) is 0 Å². The molecular formula is C18H19ClN2O2. The Bertz CT molecular complexity index is 674. The Kier molecular flexibility index (Phi) is 6.18. The minimum atomic E-state index is -0.423. The molecule has 5 heteroatoms. The third kappa shape index (κ3) is 5.42. The molecule has 2 amide bonds. The summed E-state index contributed by atoms with van der Waals surface area (Å²) < 4.78 is 0. The molecule has 0 heterocycles. The van der Waals surface area contributed by atoms with E-state index in [1.165, 1.54) is 0 Å². The van der Waals surface area contributed by atoms with E-state index < -0.39 is 5.91 Å². The highest BCUT2D eigenvalue weighted by Crippen LogP contribution is 2.14. The number of benzene rings is 2. The molecule has 0 aliphatic heterocycles. The minimum Gasteiger partial charge on any atom is -0.370 e. The lowest BCUT2D eigenvalue weighted by Gasteiger charge is -2.22. The molecule has 2 N–H and O–H groups in total. The maximum atomic E-state index is 12.6. The second-order valence-corrected chi connectivity index (χ2v) is 5.69. The Hall–Kier alpha value is -2.33. The van der Waals surface area contributed by atoms with Gasteiger partial charge < -0.3 is 10.6 Å². The van der Waals surface area contributed by atoms with Crippen molar-refractivity contribution in [3.63, 3.8) is 0 Å². The Morgan fingerprint density at radius 1 is 1.00 bits per heavy atom. The summed E-state index contributed by atoms with van der Waals surface area (Å²) in [4.78, 5) is 25.3. The summed E-state index contributed by atoms with van der Waals surface area (Å²) in [6.07, 6.45) is 0.854. The first-order valence-electron chi connectivity index (χ1n) is 7.43. The first-order valence-corrected chi connectivity index (χ1v) is 7.81. The van der Waals surface area contributed by atoms with Gasteiger partial charge in [0.25, 0.3) is 5.91 Å². The average Bonchev–Trinajstić information content (AvgIpc) is 2.55. The van der Waals surface area contributed by atoms with Gasteiger partial charge >= 0.3 is 0 Å². The van der Waals surface area contributed by atoms with Crippen LogP contribution in [0.4, 0.5) is 0 Å². The van der Waals surface area contributed by atoms with Crippen LogP contribution in [-0.2, 0) is 11.2 Å². The molecule has 2 rings (SSSR count). The molecule has 0 atom stereocenters. The molecule has 0 aliphatic carbocycles. The van der Waals surface area contributed by atoms with E-state index in [2.05, 4.69) is 0 Å². The van der Waals surface area contributed by atoms with Gasteiger partial charge in [-0.2, -0.15) is 0 Å². The minimum absolute atomic E-state index is 0.140. The maximum Gasteiger partial charge on any atom is 0.253 e. The molecule has 0 spiro atoms. The van der Waals surface area contributed by atoms with Gasteiger partial charge in [-0.15, -0.1) is 0 Å². The summed E-state index contributed by atoms with van der Waals surface area (Å²) in [6, 6.07) is 16.7. The van der Waals surface area contributed by atoms with Crippen molar-refractivity contribution < 1.29 is 9.59 Å². The van der Waals surface area contributed by atoms with Gasteiger partial charge in [0, 0.05) is 30.1 Å². The molecule has 120 valence electrons. The van der Waals surface area contributed by atoms with Crippen molar-refractivity contribution in [1.82, 2.24) is 4.90 Å². The highest BCUT2D eigenvalue weighted by molar-refractivity contribution is 6.30. The molecule has 23 heavy (non-hydrogen) atoms. The van der Waals surface area contributed by atoms with Gasteiger partial charge in [0.15, 0.2) is 0 Å². The highest BCUT2D eigenvalue weighted by Gasteiger charge is 2.16. The van der Waals surface area contributed by atoms with Crippen molar-refractivity contribution in [2.75, 3.05) is 13.1 Å². The summed E-state index contributed by atoms with van der Waals surface area (Å²) in [5.74, 6) is -0.571. The van der Waals surface area contributed by atoms with E-state index in [0.29, 0.717) is 30.1 Å². The van der Waals surface area contributed by atoms with E-state index in [1.807, 2.05) is 30.3 Å². The van der Waals surface area contributed by atoms with Gasteiger partial charge in [-0.25, -0.2) is 0 Å². The van der Waals surface area contributed by atoms with E-state index >= 15 is 0 Å². The van der Waals surface area contributed by atoms with Crippen molar-refractivity contribution in [1.29, 1.82) is 0 Å². The topological polar surface area (TPSA) is 63.4 Å². The van der Waals surface area contributed by atoms with E-state index in [0.717, 1.165) is 5.56 Å². The van der Waals surface area contributed by atoms with Gasteiger partial charge in [-0.1, -0.05) is 48.0 Å². The third-order valence-corrected chi connectivity index (χ3v) is 3.74. The van der Waals surface area contributed by atoms with E-state index in [9.17, 15) is 9.59 Å². The molecule has 0 saturated carbocycles. The molecule has 0 fully saturated rings. The fraction of sp³-hybridized carbons (Fsp3) is 0.222. The lowest BCUT2D eigenvalue weighted by atomic mass is 10.1. The Labute approximate surface area is 140 Å². The Morgan fingerprint density at radius 2 is 1.74 bits per heavy atom. The molecule has 0 radical (unpaired) electrons. The van der Waals surface area contributed by atoms with Crippen LogP contribution in [-0.4, -0.2) is 29.8 Å². The van der Waals surface area contributed by atoms with Gasteiger partial charge in [0.2, 0.25) is 5.91 Å². The monoisotopic (exact) mass is 330 g/mol. The molecule has 0 bridgehead atoms. The number of carbonyl (C=O) groups is 2. The first kappa shape index (κ1) is 17.0. The zero-order chi connectivity index (χ0) is 16.7. The van der Waals surface area contributed by atoms with Gasteiger partial charge in [-0.3, -0.25) is 9.59 Å². The number of carbonyl (C=O) groups excluding carboxylic acids is 2. The van der Waals surface area contributed by atoms with Crippen molar-refractivity contribution >= 4 is 23.4 Å². The SMILES string of the molecule is NC(=O)CCN(CCc1ccccc1)C(=O)c1cccc(Cl)c1. The second-order valence-electron chi connectivity index (χ2n) is 5.25. The van der Waals surface area contributed by atoms with Crippen molar-refractivity contribution in [3.05, 3.63) is 70.7 Å². The van der Waals surface area contributed by atoms with E-state index in [4.69, 9.17) is 17.3 Å². The third-order valence-electron chi connectivity index (χ3n) is 3.50. The molecule has 0 saturated heterocycles. The number of rotatable bonds is 7. The molecule has 0 unspecified atom stereocenters. The largest absolute Gasteiger partial charge is 0.370 e. The van der Waals surface area contributed by atoms with Crippen LogP contribution in [0.5, 0.6) is 0 Å². The number of hydrogen-bond acceptors (Lipinski definition) is 2. The molecular weight excluding hydrogens is 312 g/mol. The van der Waals surface area contributed by atoms with Crippen LogP contribution in [0.1, 0.15) is 22.3 Å². The molecule has 4 nitrogen and oxygen atoms in total. The smallest absolute Gasteiger partial charge is 0.253 e. The molecule has 0 aromatic heterocycles. The maximum absolute atomic E-state index is 12.6. The van der Waals surface area contributed by atoms with Crippen LogP contribution in [0.3, 0.4) is 0 Å². The van der Waals surface area contributed by atoms with Gasteiger partial charge in [0.05, 0.1) is 0 Å². The normalized spacial score (nSPS) is 10.3. The van der Waals surface area contributed by atoms with Crippen molar-refractivity contribution in [2.24, 2.45) is 5.73 Å². The summed E-state index contributed by atoms with van der Waals surface area (Å²) in [7, 11) is 0. The zero-order valence-electron chi connectivity index (χ0n) is 12.7. The van der Waals surface area contributed by atoms with Gasteiger partial charge in [0.1, 0.15) is 0 Å². The van der Waals surface area contributed by atoms with E-state index in [-0.39, 0.29) is 12.3 Å². The Balaban J connectivity index is 2.09.